The third kappa shape index (κ3) is 3.32. The minimum Gasteiger partial charge on any atom is -0.490 e. The smallest absolute Gasteiger partial charge is 0.159 e. The highest BCUT2D eigenvalue weighted by atomic mass is 16.5. The van der Waals surface area contributed by atoms with Gasteiger partial charge >= 0.3 is 0 Å². The summed E-state index contributed by atoms with van der Waals surface area (Å²) in [5, 5.41) is 0. The molecule has 2 nitrogen and oxygen atoms in total. The van der Waals surface area contributed by atoms with Gasteiger partial charge in [-0.1, -0.05) is 25.5 Å². The Labute approximate surface area is 103 Å². The fourth-order valence-corrected chi connectivity index (χ4v) is 2.47. The van der Waals surface area contributed by atoms with Gasteiger partial charge in [0, 0.05) is 5.56 Å². The quantitative estimate of drug-likeness (QED) is 0.740. The summed E-state index contributed by atoms with van der Waals surface area (Å²) in [6, 6.07) is 7.50. The lowest BCUT2D eigenvalue weighted by molar-refractivity contribution is 0.101. The number of benzene rings is 1. The van der Waals surface area contributed by atoms with Gasteiger partial charge in [0.05, 0.1) is 6.10 Å². The van der Waals surface area contributed by atoms with E-state index in [2.05, 4.69) is 6.92 Å². The molecule has 1 aliphatic carbocycles. The van der Waals surface area contributed by atoms with Crippen LogP contribution in [0.2, 0.25) is 0 Å². The molecule has 2 heteroatoms. The molecule has 1 aromatic carbocycles. The molecule has 1 aliphatic rings. The van der Waals surface area contributed by atoms with Gasteiger partial charge in [-0.2, -0.15) is 0 Å². The van der Waals surface area contributed by atoms with Crippen LogP contribution in [0, 0.1) is 5.92 Å². The minimum absolute atomic E-state index is 0.0902. The van der Waals surface area contributed by atoms with E-state index in [1.165, 1.54) is 12.8 Å². The van der Waals surface area contributed by atoms with Crippen molar-refractivity contribution in [2.45, 2.75) is 45.6 Å². The Balaban J connectivity index is 2.02. The van der Waals surface area contributed by atoms with Gasteiger partial charge in [0.1, 0.15) is 5.75 Å². The molecule has 92 valence electrons. The Morgan fingerprint density at radius 3 is 2.88 bits per heavy atom. The van der Waals surface area contributed by atoms with E-state index in [1.54, 1.807) is 6.92 Å². The highest BCUT2D eigenvalue weighted by Gasteiger charge is 2.20. The van der Waals surface area contributed by atoms with Gasteiger partial charge in [-0.25, -0.2) is 0 Å². The summed E-state index contributed by atoms with van der Waals surface area (Å²) in [6.45, 7) is 3.86. The molecule has 0 amide bonds. The van der Waals surface area contributed by atoms with E-state index in [1.807, 2.05) is 24.3 Å². The highest BCUT2D eigenvalue weighted by Crippen LogP contribution is 2.27. The molecule has 0 heterocycles. The van der Waals surface area contributed by atoms with Gasteiger partial charge in [0.15, 0.2) is 5.78 Å². The number of rotatable bonds is 3. The third-order valence-electron chi connectivity index (χ3n) is 3.43. The molecule has 0 spiro atoms. The Hall–Kier alpha value is -1.31. The van der Waals surface area contributed by atoms with Crippen LogP contribution in [0.5, 0.6) is 5.75 Å². The Morgan fingerprint density at radius 1 is 1.35 bits per heavy atom. The SMILES string of the molecule is CC(=O)c1cccc(OC2CCCC(C)C2)c1. The lowest BCUT2D eigenvalue weighted by atomic mass is 9.89. The minimum atomic E-state index is 0.0902. The Kier molecular flexibility index (Phi) is 3.82. The van der Waals surface area contributed by atoms with Gasteiger partial charge < -0.3 is 4.74 Å². The van der Waals surface area contributed by atoms with Crippen molar-refractivity contribution < 1.29 is 9.53 Å². The number of Topliss-reactive ketones (excluding diaryl/α,β-unsaturated/α-hetero) is 1. The van der Waals surface area contributed by atoms with Gasteiger partial charge in [0.2, 0.25) is 0 Å². The van der Waals surface area contributed by atoms with Crippen LogP contribution < -0.4 is 4.74 Å². The maximum Gasteiger partial charge on any atom is 0.159 e. The Bertz CT molecular complexity index is 398. The van der Waals surface area contributed by atoms with E-state index in [0.717, 1.165) is 30.1 Å². The van der Waals surface area contributed by atoms with Crippen molar-refractivity contribution in [3.05, 3.63) is 29.8 Å². The molecular formula is C15H20O2. The maximum absolute atomic E-state index is 11.3. The second-order valence-corrected chi connectivity index (χ2v) is 5.10. The van der Waals surface area contributed by atoms with Crippen LogP contribution in [-0.2, 0) is 0 Å². The lowest BCUT2D eigenvalue weighted by Crippen LogP contribution is -2.24. The average Bonchev–Trinajstić information content (AvgIpc) is 2.29. The van der Waals surface area contributed by atoms with Gasteiger partial charge in [-0.15, -0.1) is 0 Å². The molecule has 0 bridgehead atoms. The first-order valence-electron chi connectivity index (χ1n) is 6.43. The zero-order chi connectivity index (χ0) is 12.3. The van der Waals surface area contributed by atoms with Crippen molar-refractivity contribution in [3.8, 4) is 5.75 Å². The van der Waals surface area contributed by atoms with Gasteiger partial charge in [0.25, 0.3) is 0 Å². The molecule has 0 aromatic heterocycles. The Morgan fingerprint density at radius 2 is 2.18 bits per heavy atom. The molecule has 1 saturated carbocycles. The molecule has 2 unspecified atom stereocenters. The highest BCUT2D eigenvalue weighted by molar-refractivity contribution is 5.94. The number of carbonyl (C=O) groups excluding carboxylic acids is 1. The van der Waals surface area contributed by atoms with Crippen molar-refractivity contribution in [1.82, 2.24) is 0 Å². The van der Waals surface area contributed by atoms with Crippen LogP contribution in [-0.4, -0.2) is 11.9 Å². The van der Waals surface area contributed by atoms with E-state index < -0.39 is 0 Å². The summed E-state index contributed by atoms with van der Waals surface area (Å²) < 4.78 is 5.96. The number of hydrogen-bond acceptors (Lipinski definition) is 2. The van der Waals surface area contributed by atoms with Crippen LogP contribution in [0.15, 0.2) is 24.3 Å². The van der Waals surface area contributed by atoms with Crippen LogP contribution in [0.3, 0.4) is 0 Å². The van der Waals surface area contributed by atoms with Gasteiger partial charge in [-0.3, -0.25) is 4.79 Å². The predicted molar refractivity (Wildman–Crippen MR) is 68.5 cm³/mol. The maximum atomic E-state index is 11.3. The normalized spacial score (nSPS) is 24.4. The van der Waals surface area contributed by atoms with Crippen LogP contribution in [0.1, 0.15) is 49.9 Å². The first kappa shape index (κ1) is 12.2. The van der Waals surface area contributed by atoms with Crippen LogP contribution >= 0.6 is 0 Å². The molecule has 17 heavy (non-hydrogen) atoms. The van der Waals surface area contributed by atoms with Crippen molar-refractivity contribution >= 4 is 5.78 Å². The van der Waals surface area contributed by atoms with Crippen molar-refractivity contribution in [2.24, 2.45) is 5.92 Å². The fourth-order valence-electron chi connectivity index (χ4n) is 2.47. The van der Waals surface area contributed by atoms with Crippen molar-refractivity contribution in [1.29, 1.82) is 0 Å². The fraction of sp³-hybridized carbons (Fsp3) is 0.533. The average molecular weight is 232 g/mol. The molecule has 0 aliphatic heterocycles. The lowest BCUT2D eigenvalue weighted by Gasteiger charge is -2.27. The summed E-state index contributed by atoms with van der Waals surface area (Å²) in [5.74, 6) is 1.68. The molecular weight excluding hydrogens is 212 g/mol. The van der Waals surface area contributed by atoms with Crippen LogP contribution in [0.25, 0.3) is 0 Å². The van der Waals surface area contributed by atoms with Gasteiger partial charge in [-0.05, 0) is 44.2 Å². The monoisotopic (exact) mass is 232 g/mol. The second-order valence-electron chi connectivity index (χ2n) is 5.10. The van der Waals surface area contributed by atoms with E-state index >= 15 is 0 Å². The number of hydrogen-bond donors (Lipinski definition) is 0. The summed E-state index contributed by atoms with van der Waals surface area (Å²) in [6.07, 6.45) is 5.14. The van der Waals surface area contributed by atoms with Crippen molar-refractivity contribution in [2.75, 3.05) is 0 Å². The van der Waals surface area contributed by atoms with E-state index in [-0.39, 0.29) is 5.78 Å². The molecule has 0 radical (unpaired) electrons. The predicted octanol–water partition coefficient (Wildman–Crippen LogP) is 3.85. The van der Waals surface area contributed by atoms with Crippen molar-refractivity contribution in [3.63, 3.8) is 0 Å². The standard InChI is InChI=1S/C15H20O2/c1-11-5-3-7-14(9-11)17-15-8-4-6-13(10-15)12(2)16/h4,6,8,10-11,14H,3,5,7,9H2,1-2H3. The van der Waals surface area contributed by atoms with E-state index in [0.29, 0.717) is 6.10 Å². The first-order valence-corrected chi connectivity index (χ1v) is 6.43. The third-order valence-corrected chi connectivity index (χ3v) is 3.43. The largest absolute Gasteiger partial charge is 0.490 e. The second kappa shape index (κ2) is 5.35. The first-order chi connectivity index (χ1) is 8.15. The summed E-state index contributed by atoms with van der Waals surface area (Å²) >= 11 is 0. The number of ether oxygens (including phenoxy) is 1. The topological polar surface area (TPSA) is 26.3 Å². The molecule has 1 fully saturated rings. The molecule has 2 rings (SSSR count). The molecule has 2 atom stereocenters. The van der Waals surface area contributed by atoms with E-state index in [9.17, 15) is 4.79 Å². The number of carbonyl (C=O) groups is 1. The summed E-state index contributed by atoms with van der Waals surface area (Å²) in [5.41, 5.74) is 0.728. The molecule has 1 aromatic rings. The van der Waals surface area contributed by atoms with Crippen LogP contribution in [0.4, 0.5) is 0 Å². The molecule has 0 saturated heterocycles. The number of ketones is 1. The van der Waals surface area contributed by atoms with E-state index in [4.69, 9.17) is 4.74 Å². The summed E-state index contributed by atoms with van der Waals surface area (Å²) in [4.78, 5) is 11.3. The summed E-state index contributed by atoms with van der Waals surface area (Å²) in [7, 11) is 0. The molecule has 0 N–H and O–H groups in total. The zero-order valence-corrected chi connectivity index (χ0v) is 10.6. The zero-order valence-electron chi connectivity index (χ0n) is 10.6.